The van der Waals surface area contributed by atoms with Crippen molar-refractivity contribution in [3.8, 4) is 0 Å². The fourth-order valence-corrected chi connectivity index (χ4v) is 3.47. The second kappa shape index (κ2) is 23.1. The van der Waals surface area contributed by atoms with E-state index in [4.69, 9.17) is 14.2 Å². The van der Waals surface area contributed by atoms with Gasteiger partial charge in [0, 0.05) is 8.86 Å². The van der Waals surface area contributed by atoms with Crippen LogP contribution in [0.25, 0.3) is 0 Å². The van der Waals surface area contributed by atoms with Gasteiger partial charge in [0.25, 0.3) is 0 Å². The van der Waals surface area contributed by atoms with Crippen LogP contribution >= 0.6 is 45.2 Å². The fourth-order valence-electron chi connectivity index (χ4n) is 2.75. The Hall–Kier alpha value is 0.820. The van der Waals surface area contributed by atoms with Crippen LogP contribution in [0.3, 0.4) is 0 Å². The smallest absolute Gasteiger partial charge is 0.149 e. The molecule has 0 aromatic carbocycles. The molecule has 0 aromatic heterocycles. The van der Waals surface area contributed by atoms with Gasteiger partial charge in [-0.15, -0.1) is 0 Å². The molecule has 3 nitrogen and oxygen atoms in total. The van der Waals surface area contributed by atoms with Gasteiger partial charge in [0.2, 0.25) is 0 Å². The van der Waals surface area contributed by atoms with Crippen LogP contribution in [0.1, 0.15) is 78.1 Å². The lowest BCUT2D eigenvalue weighted by Gasteiger charge is -2.19. The third-order valence-corrected chi connectivity index (χ3v) is 5.44. The molecule has 0 aliphatic carbocycles. The summed E-state index contributed by atoms with van der Waals surface area (Å²) in [6.07, 6.45) is 20.7. The Kier molecular flexibility index (Phi) is 23.8. The molecule has 0 aliphatic rings. The number of halogens is 2. The lowest BCUT2D eigenvalue weighted by molar-refractivity contribution is -0.167. The highest BCUT2D eigenvalue weighted by atomic mass is 127. The first-order chi connectivity index (χ1) is 13.3. The van der Waals surface area contributed by atoms with Crippen molar-refractivity contribution in [1.82, 2.24) is 0 Å². The summed E-state index contributed by atoms with van der Waals surface area (Å²) < 4.78 is 19.8. The molecule has 0 saturated carbocycles. The van der Waals surface area contributed by atoms with E-state index in [1.807, 2.05) is 0 Å². The third kappa shape index (κ3) is 19.9. The highest BCUT2D eigenvalue weighted by molar-refractivity contribution is 14.1. The Balaban J connectivity index is 3.90. The second-order valence-corrected chi connectivity index (χ2v) is 8.80. The summed E-state index contributed by atoms with van der Waals surface area (Å²) in [6, 6.07) is 0. The van der Waals surface area contributed by atoms with E-state index in [9.17, 15) is 0 Å². The van der Waals surface area contributed by atoms with Crippen LogP contribution in [0.4, 0.5) is 0 Å². The molecular formula is C22H40I2O3. The maximum atomic E-state index is 5.91. The minimum Gasteiger partial charge on any atom is -0.352 e. The number of ether oxygens (including phenoxy) is 3. The van der Waals surface area contributed by atoms with E-state index in [0.717, 1.165) is 64.2 Å². The van der Waals surface area contributed by atoms with E-state index in [0.29, 0.717) is 13.6 Å². The highest BCUT2D eigenvalue weighted by Gasteiger charge is 2.09. The molecule has 2 atom stereocenters. The molecule has 0 fully saturated rings. The quantitative estimate of drug-likeness (QED) is 0.0470. The van der Waals surface area contributed by atoms with Crippen LogP contribution in [-0.2, 0) is 14.2 Å². The summed E-state index contributed by atoms with van der Waals surface area (Å²) in [6.45, 7) is 5.07. The molecule has 2 unspecified atom stereocenters. The van der Waals surface area contributed by atoms with Crippen molar-refractivity contribution in [2.45, 2.75) is 90.3 Å². The first-order valence-electron chi connectivity index (χ1n) is 10.5. The van der Waals surface area contributed by atoms with Crippen molar-refractivity contribution >= 4 is 45.2 Å². The van der Waals surface area contributed by atoms with E-state index < -0.39 is 0 Å². The molecule has 0 amide bonds. The molecule has 0 heterocycles. The van der Waals surface area contributed by atoms with Gasteiger partial charge in [-0.05, 0) is 51.4 Å². The lowest BCUT2D eigenvalue weighted by atomic mass is 10.1. The first kappa shape index (κ1) is 27.8. The molecule has 0 saturated heterocycles. The normalized spacial score (nSPS) is 14.4. The van der Waals surface area contributed by atoms with E-state index >= 15 is 0 Å². The second-order valence-electron chi connectivity index (χ2n) is 6.65. The average molecular weight is 606 g/mol. The van der Waals surface area contributed by atoms with Crippen LogP contribution in [0.15, 0.2) is 24.3 Å². The molecule has 5 heteroatoms. The molecule has 27 heavy (non-hydrogen) atoms. The van der Waals surface area contributed by atoms with Crippen molar-refractivity contribution in [3.63, 3.8) is 0 Å². The first-order valence-corrected chi connectivity index (χ1v) is 13.6. The standard InChI is InChI=1S/C22H40I2O3/c1-3-13-21(15-9-5-7-11-17-23)26-19-25-20-27-22(14-4-2)16-10-6-8-12-18-24/h5-8,21-22H,3-4,9-20H2,1-2H3. The average Bonchev–Trinajstić information content (AvgIpc) is 2.67. The van der Waals surface area contributed by atoms with Crippen molar-refractivity contribution in [2.75, 3.05) is 22.4 Å². The number of rotatable bonds is 20. The minimum absolute atomic E-state index is 0.286. The molecule has 0 aliphatic heterocycles. The van der Waals surface area contributed by atoms with Gasteiger partial charge in [-0.25, -0.2) is 0 Å². The maximum absolute atomic E-state index is 5.91. The molecule has 0 N–H and O–H groups in total. The minimum atomic E-state index is 0.286. The summed E-state index contributed by atoms with van der Waals surface area (Å²) in [7, 11) is 0. The fraction of sp³-hybridized carbons (Fsp3) is 0.818. The Morgan fingerprint density at radius 3 is 1.41 bits per heavy atom. The van der Waals surface area contributed by atoms with Crippen LogP contribution in [0.5, 0.6) is 0 Å². The van der Waals surface area contributed by atoms with Crippen molar-refractivity contribution in [1.29, 1.82) is 0 Å². The van der Waals surface area contributed by atoms with Gasteiger partial charge < -0.3 is 14.2 Å². The summed E-state index contributed by atoms with van der Waals surface area (Å²) >= 11 is 4.81. The number of alkyl halides is 2. The van der Waals surface area contributed by atoms with Crippen LogP contribution in [0, 0.1) is 0 Å². The summed E-state index contributed by atoms with van der Waals surface area (Å²) in [4.78, 5) is 0. The van der Waals surface area contributed by atoms with E-state index in [1.54, 1.807) is 0 Å². The summed E-state index contributed by atoms with van der Waals surface area (Å²) in [5.41, 5.74) is 0. The van der Waals surface area contributed by atoms with Gasteiger partial charge in [0.1, 0.15) is 13.6 Å². The van der Waals surface area contributed by atoms with Crippen molar-refractivity contribution in [3.05, 3.63) is 24.3 Å². The number of allylic oxidation sites excluding steroid dienone is 4. The third-order valence-electron chi connectivity index (χ3n) is 4.19. The van der Waals surface area contributed by atoms with Gasteiger partial charge >= 0.3 is 0 Å². The lowest BCUT2D eigenvalue weighted by Crippen LogP contribution is -2.18. The largest absolute Gasteiger partial charge is 0.352 e. The summed E-state index contributed by atoms with van der Waals surface area (Å²) in [5, 5.41) is 0. The van der Waals surface area contributed by atoms with Crippen LogP contribution < -0.4 is 0 Å². The molecule has 0 aromatic rings. The Bertz CT molecular complexity index is 316. The van der Waals surface area contributed by atoms with Crippen molar-refractivity contribution < 1.29 is 14.2 Å². The SMILES string of the molecule is CCCC(CCC=CCCI)OCOCOC(CCC)CCC=CCCI. The summed E-state index contributed by atoms with van der Waals surface area (Å²) in [5.74, 6) is 0. The van der Waals surface area contributed by atoms with Gasteiger partial charge in [0.15, 0.2) is 0 Å². The molecule has 0 bridgehead atoms. The zero-order valence-corrected chi connectivity index (χ0v) is 21.7. The van der Waals surface area contributed by atoms with Crippen molar-refractivity contribution in [2.24, 2.45) is 0 Å². The Morgan fingerprint density at radius 1 is 0.630 bits per heavy atom. The van der Waals surface area contributed by atoms with E-state index in [2.05, 4.69) is 83.3 Å². The van der Waals surface area contributed by atoms with E-state index in [1.165, 1.54) is 8.86 Å². The Labute approximate surface area is 195 Å². The van der Waals surface area contributed by atoms with Gasteiger partial charge in [-0.1, -0.05) is 96.2 Å². The van der Waals surface area contributed by atoms with E-state index in [-0.39, 0.29) is 12.2 Å². The molecule has 0 rings (SSSR count). The molecular weight excluding hydrogens is 566 g/mol. The van der Waals surface area contributed by atoms with Crippen LogP contribution in [0.2, 0.25) is 0 Å². The van der Waals surface area contributed by atoms with Gasteiger partial charge in [-0.3, -0.25) is 0 Å². The van der Waals surface area contributed by atoms with Gasteiger partial charge in [0.05, 0.1) is 12.2 Å². The number of hydrogen-bond acceptors (Lipinski definition) is 3. The number of hydrogen-bond donors (Lipinski definition) is 0. The molecule has 0 spiro atoms. The maximum Gasteiger partial charge on any atom is 0.149 e. The topological polar surface area (TPSA) is 27.7 Å². The van der Waals surface area contributed by atoms with Gasteiger partial charge in [-0.2, -0.15) is 0 Å². The highest BCUT2D eigenvalue weighted by Crippen LogP contribution is 2.12. The Morgan fingerprint density at radius 2 is 1.04 bits per heavy atom. The molecule has 160 valence electrons. The zero-order chi connectivity index (χ0) is 20.0. The zero-order valence-electron chi connectivity index (χ0n) is 17.3. The molecule has 0 radical (unpaired) electrons. The predicted octanol–water partition coefficient (Wildman–Crippen LogP) is 7.61. The van der Waals surface area contributed by atoms with Crippen LogP contribution in [-0.4, -0.2) is 34.6 Å². The predicted molar refractivity (Wildman–Crippen MR) is 134 cm³/mol. The monoisotopic (exact) mass is 606 g/mol.